The third kappa shape index (κ3) is 4.75. The van der Waals surface area contributed by atoms with Crippen molar-refractivity contribution in [1.29, 1.82) is 0 Å². The van der Waals surface area contributed by atoms with Crippen LogP contribution >= 0.6 is 11.8 Å². The lowest BCUT2D eigenvalue weighted by Crippen LogP contribution is -2.18. The Labute approximate surface area is 195 Å². The van der Waals surface area contributed by atoms with E-state index in [9.17, 15) is 13.2 Å². The maximum atomic E-state index is 12.6. The summed E-state index contributed by atoms with van der Waals surface area (Å²) >= 11 is 1.26. The third-order valence-corrected chi connectivity index (χ3v) is 6.85. The Morgan fingerprint density at radius 1 is 1.03 bits per heavy atom. The Hall–Kier alpha value is -3.28. The molecule has 0 spiro atoms. The number of sulfonamides is 1. The van der Waals surface area contributed by atoms with Crippen LogP contribution in [-0.2, 0) is 14.8 Å². The van der Waals surface area contributed by atoms with Crippen LogP contribution in [0.4, 0.5) is 5.69 Å². The van der Waals surface area contributed by atoms with Crippen LogP contribution in [0.15, 0.2) is 58.7 Å². The largest absolute Gasteiger partial charge is 0.324 e. The smallest absolute Gasteiger partial charge is 0.255 e. The molecule has 0 unspecified atom stereocenters. The Morgan fingerprint density at radius 2 is 1.76 bits per heavy atom. The highest BCUT2D eigenvalue weighted by atomic mass is 32.2. The van der Waals surface area contributed by atoms with Gasteiger partial charge in [0.15, 0.2) is 10.2 Å². The van der Waals surface area contributed by atoms with Crippen LogP contribution in [0, 0.1) is 20.8 Å². The van der Waals surface area contributed by atoms with Gasteiger partial charge in [0.2, 0.25) is 5.91 Å². The van der Waals surface area contributed by atoms with Gasteiger partial charge >= 0.3 is 0 Å². The summed E-state index contributed by atoms with van der Waals surface area (Å²) in [5.41, 5.74) is 2.88. The molecule has 33 heavy (non-hydrogen) atoms. The number of rotatable bonds is 6. The average molecular weight is 483 g/mol. The van der Waals surface area contributed by atoms with Crippen molar-refractivity contribution in [2.24, 2.45) is 5.14 Å². The number of anilines is 1. The van der Waals surface area contributed by atoms with E-state index in [1.165, 1.54) is 29.5 Å². The number of benzene rings is 2. The number of nitrogens with two attached hydrogens (primary N) is 1. The van der Waals surface area contributed by atoms with Crippen LogP contribution in [-0.4, -0.2) is 39.8 Å². The van der Waals surface area contributed by atoms with Crippen molar-refractivity contribution in [3.05, 3.63) is 65.6 Å². The topological polar surface area (TPSA) is 133 Å². The van der Waals surface area contributed by atoms with Crippen molar-refractivity contribution in [3.8, 4) is 5.69 Å². The van der Waals surface area contributed by atoms with E-state index in [0.29, 0.717) is 22.4 Å². The first-order chi connectivity index (χ1) is 15.6. The second-order valence-corrected chi connectivity index (χ2v) is 9.93. The van der Waals surface area contributed by atoms with Crippen molar-refractivity contribution in [1.82, 2.24) is 19.7 Å². The fourth-order valence-corrected chi connectivity index (χ4v) is 4.80. The molecule has 11 heteroatoms. The van der Waals surface area contributed by atoms with Gasteiger partial charge in [-0.15, -0.1) is 10.2 Å². The molecule has 2 aromatic heterocycles. The summed E-state index contributed by atoms with van der Waals surface area (Å²) in [6, 6.07) is 14.9. The highest BCUT2D eigenvalue weighted by molar-refractivity contribution is 7.99. The fraction of sp³-hybridized carbons (Fsp3) is 0.182. The van der Waals surface area contributed by atoms with Crippen LogP contribution in [0.25, 0.3) is 16.5 Å². The molecule has 170 valence electrons. The van der Waals surface area contributed by atoms with E-state index < -0.39 is 10.0 Å². The zero-order chi connectivity index (χ0) is 23.8. The molecule has 2 heterocycles. The SMILES string of the molecule is Cc1nc(S(N)(=O)=O)ccc1NC(=O)CSc1nnc(C)n1-c1ccc(C)c2ccccc12. The maximum Gasteiger partial charge on any atom is 0.255 e. The molecule has 9 nitrogen and oxygen atoms in total. The van der Waals surface area contributed by atoms with Gasteiger partial charge in [0.1, 0.15) is 5.82 Å². The monoisotopic (exact) mass is 482 g/mol. The molecular formula is C22H22N6O3S2. The van der Waals surface area contributed by atoms with Crippen molar-refractivity contribution in [2.45, 2.75) is 31.0 Å². The first kappa shape index (κ1) is 22.9. The first-order valence-corrected chi connectivity index (χ1v) is 12.5. The second kappa shape index (κ2) is 8.93. The maximum absolute atomic E-state index is 12.6. The number of carbonyl (C=O) groups excluding carboxylic acids is 1. The van der Waals surface area contributed by atoms with Crippen molar-refractivity contribution in [2.75, 3.05) is 11.1 Å². The molecule has 4 aromatic rings. The lowest BCUT2D eigenvalue weighted by molar-refractivity contribution is -0.113. The van der Waals surface area contributed by atoms with Crippen LogP contribution in [0.3, 0.4) is 0 Å². The Bertz CT molecular complexity index is 1480. The van der Waals surface area contributed by atoms with E-state index in [0.717, 1.165) is 16.5 Å². The standard InChI is InChI=1S/C22H22N6O3S2/c1-13-8-10-19(17-7-5-4-6-16(13)17)28-15(3)26-27-22(28)32-12-20(29)25-18-9-11-21(24-14(18)2)33(23,30)31/h4-11H,12H2,1-3H3,(H,25,29)(H2,23,30,31). The summed E-state index contributed by atoms with van der Waals surface area (Å²) in [6.07, 6.45) is 0. The average Bonchev–Trinajstić information content (AvgIpc) is 3.14. The minimum atomic E-state index is -3.91. The van der Waals surface area contributed by atoms with Crippen molar-refractivity contribution >= 4 is 44.2 Å². The van der Waals surface area contributed by atoms with E-state index in [2.05, 4.69) is 45.6 Å². The molecule has 2 aromatic carbocycles. The van der Waals surface area contributed by atoms with E-state index >= 15 is 0 Å². The van der Waals surface area contributed by atoms with Crippen molar-refractivity contribution in [3.63, 3.8) is 0 Å². The van der Waals surface area contributed by atoms with Crippen LogP contribution < -0.4 is 10.5 Å². The molecule has 0 aliphatic carbocycles. The lowest BCUT2D eigenvalue weighted by Gasteiger charge is -2.13. The Kier molecular flexibility index (Phi) is 6.19. The van der Waals surface area contributed by atoms with Gasteiger partial charge in [-0.2, -0.15) is 0 Å². The molecule has 0 atom stereocenters. The van der Waals surface area contributed by atoms with Gasteiger partial charge in [0.05, 0.1) is 22.8 Å². The van der Waals surface area contributed by atoms with Gasteiger partial charge in [-0.3, -0.25) is 9.36 Å². The third-order valence-electron chi connectivity index (χ3n) is 5.11. The number of primary sulfonamides is 1. The molecule has 4 rings (SSSR count). The predicted octanol–water partition coefficient (Wildman–Crippen LogP) is 3.12. The van der Waals surface area contributed by atoms with E-state index in [1.54, 1.807) is 6.92 Å². The number of amides is 1. The second-order valence-electron chi connectivity index (χ2n) is 7.48. The van der Waals surface area contributed by atoms with Gasteiger partial charge in [-0.05, 0) is 49.9 Å². The van der Waals surface area contributed by atoms with Gasteiger partial charge in [-0.25, -0.2) is 18.5 Å². The quantitative estimate of drug-likeness (QED) is 0.403. The minimum Gasteiger partial charge on any atom is -0.324 e. The van der Waals surface area contributed by atoms with Gasteiger partial charge in [-0.1, -0.05) is 42.1 Å². The summed E-state index contributed by atoms with van der Waals surface area (Å²) < 4.78 is 24.8. The number of hydrogen-bond donors (Lipinski definition) is 2. The molecule has 0 radical (unpaired) electrons. The molecule has 1 amide bonds. The molecule has 3 N–H and O–H groups in total. The number of carbonyl (C=O) groups is 1. The van der Waals surface area contributed by atoms with Gasteiger partial charge < -0.3 is 5.32 Å². The number of aromatic nitrogens is 4. The summed E-state index contributed by atoms with van der Waals surface area (Å²) in [5, 5.41) is 18.9. The number of pyridine rings is 1. The molecule has 0 aliphatic rings. The Balaban J connectivity index is 1.55. The molecule has 0 saturated carbocycles. The zero-order valence-corrected chi connectivity index (χ0v) is 19.9. The first-order valence-electron chi connectivity index (χ1n) is 9.99. The number of aryl methyl sites for hydroxylation is 3. The summed E-state index contributed by atoms with van der Waals surface area (Å²) in [4.78, 5) is 16.5. The highest BCUT2D eigenvalue weighted by Gasteiger charge is 2.17. The van der Waals surface area contributed by atoms with Gasteiger partial charge in [0.25, 0.3) is 10.0 Å². The fourth-order valence-electron chi connectivity index (χ4n) is 3.49. The summed E-state index contributed by atoms with van der Waals surface area (Å²) in [6.45, 7) is 5.53. The lowest BCUT2D eigenvalue weighted by atomic mass is 10.0. The number of nitrogens with one attached hydrogen (secondary N) is 1. The number of fused-ring (bicyclic) bond motifs is 1. The Morgan fingerprint density at radius 3 is 2.45 bits per heavy atom. The van der Waals surface area contributed by atoms with Gasteiger partial charge in [0, 0.05) is 5.39 Å². The molecule has 0 saturated heterocycles. The van der Waals surface area contributed by atoms with Crippen LogP contribution in [0.5, 0.6) is 0 Å². The minimum absolute atomic E-state index is 0.0817. The number of nitrogens with zero attached hydrogens (tertiary/aromatic N) is 4. The van der Waals surface area contributed by atoms with Crippen LogP contribution in [0.2, 0.25) is 0 Å². The number of hydrogen-bond acceptors (Lipinski definition) is 7. The van der Waals surface area contributed by atoms with Crippen LogP contribution in [0.1, 0.15) is 17.1 Å². The zero-order valence-electron chi connectivity index (χ0n) is 18.2. The summed E-state index contributed by atoms with van der Waals surface area (Å²) in [7, 11) is -3.91. The summed E-state index contributed by atoms with van der Waals surface area (Å²) in [5.74, 6) is 0.512. The number of thioether (sulfide) groups is 1. The van der Waals surface area contributed by atoms with E-state index in [4.69, 9.17) is 5.14 Å². The normalized spacial score (nSPS) is 11.6. The van der Waals surface area contributed by atoms with E-state index in [-0.39, 0.29) is 16.7 Å². The highest BCUT2D eigenvalue weighted by Crippen LogP contribution is 2.29. The molecule has 0 bridgehead atoms. The molecule has 0 aliphatic heterocycles. The van der Waals surface area contributed by atoms with E-state index in [1.807, 2.05) is 29.7 Å². The van der Waals surface area contributed by atoms with Crippen molar-refractivity contribution < 1.29 is 13.2 Å². The molecule has 0 fully saturated rings. The predicted molar refractivity (Wildman–Crippen MR) is 128 cm³/mol. The molecular weight excluding hydrogens is 460 g/mol.